The fourth-order valence-electron chi connectivity index (χ4n) is 3.36. The number of rotatable bonds is 2. The first-order valence-electron chi connectivity index (χ1n) is 7.84. The molecule has 2 N–H and O–H groups in total. The number of ether oxygens (including phenoxy) is 1. The Bertz CT molecular complexity index is 815. The van der Waals surface area contributed by atoms with E-state index in [-0.39, 0.29) is 16.4 Å². The van der Waals surface area contributed by atoms with Crippen LogP contribution in [0.2, 0.25) is 0 Å². The molecule has 0 spiro atoms. The molecule has 1 aromatic rings. The average Bonchev–Trinajstić information content (AvgIpc) is 2.52. The van der Waals surface area contributed by atoms with Gasteiger partial charge in [0.15, 0.2) is 5.78 Å². The largest absolute Gasteiger partial charge is 0.496 e. The van der Waals surface area contributed by atoms with Crippen LogP contribution in [0.25, 0.3) is 0 Å². The number of allylic oxidation sites excluding steroid dienone is 2. The number of thioether (sulfide) groups is 1. The van der Waals surface area contributed by atoms with E-state index in [0.29, 0.717) is 23.3 Å². The lowest BCUT2D eigenvalue weighted by molar-refractivity contribution is -0.117. The average molecular weight is 340 g/mol. The van der Waals surface area contributed by atoms with Gasteiger partial charge in [-0.15, -0.1) is 11.8 Å². The monoisotopic (exact) mass is 340 g/mol. The first-order valence-corrected chi connectivity index (χ1v) is 8.72. The van der Waals surface area contributed by atoms with Crippen LogP contribution in [0.4, 0.5) is 0 Å². The smallest absolute Gasteiger partial charge is 0.166 e. The summed E-state index contributed by atoms with van der Waals surface area (Å²) < 4.78 is 5.46. The molecule has 24 heavy (non-hydrogen) atoms. The molecular weight excluding hydrogens is 320 g/mol. The molecule has 1 heterocycles. The maximum atomic E-state index is 12.6. The number of Topliss-reactive ketones (excluding diaryl/α,β-unsaturated/α-hetero) is 1. The van der Waals surface area contributed by atoms with E-state index in [9.17, 15) is 10.1 Å². The van der Waals surface area contributed by atoms with E-state index < -0.39 is 0 Å². The number of methoxy groups -OCH3 is 1. The first-order chi connectivity index (χ1) is 11.4. The van der Waals surface area contributed by atoms with Crippen molar-refractivity contribution < 1.29 is 9.53 Å². The molecule has 2 aliphatic rings. The fourth-order valence-corrected chi connectivity index (χ4v) is 5.08. The van der Waals surface area contributed by atoms with Gasteiger partial charge in [-0.1, -0.05) is 32.0 Å². The van der Waals surface area contributed by atoms with Crippen LogP contribution in [0.15, 0.2) is 46.0 Å². The molecule has 5 heteroatoms. The van der Waals surface area contributed by atoms with E-state index in [2.05, 4.69) is 19.9 Å². The number of para-hydroxylation sites is 1. The van der Waals surface area contributed by atoms with E-state index >= 15 is 0 Å². The molecule has 124 valence electrons. The molecule has 3 rings (SSSR count). The molecule has 1 aromatic carbocycles. The number of ketones is 1. The van der Waals surface area contributed by atoms with Crippen molar-refractivity contribution in [3.8, 4) is 11.8 Å². The van der Waals surface area contributed by atoms with Crippen LogP contribution >= 0.6 is 11.8 Å². The molecular formula is C19H20N2O2S. The summed E-state index contributed by atoms with van der Waals surface area (Å²) >= 11 is 1.56. The van der Waals surface area contributed by atoms with Crippen LogP contribution in [0.5, 0.6) is 5.75 Å². The zero-order chi connectivity index (χ0) is 17.5. The molecule has 4 nitrogen and oxygen atoms in total. The van der Waals surface area contributed by atoms with Crippen molar-refractivity contribution in [1.29, 1.82) is 5.26 Å². The number of carbonyl (C=O) groups excluding carboxylic acids is 1. The van der Waals surface area contributed by atoms with Crippen molar-refractivity contribution in [2.45, 2.75) is 31.9 Å². The van der Waals surface area contributed by atoms with Crippen molar-refractivity contribution in [3.05, 3.63) is 51.6 Å². The number of nitriles is 1. The van der Waals surface area contributed by atoms with E-state index in [4.69, 9.17) is 10.5 Å². The van der Waals surface area contributed by atoms with Gasteiger partial charge in [-0.05, 0) is 22.8 Å². The fraction of sp³-hybridized carbons (Fsp3) is 0.368. The minimum absolute atomic E-state index is 0.0393. The number of nitrogens with two attached hydrogens (primary N) is 1. The molecule has 1 aliphatic carbocycles. The standard InChI is InChI=1S/C19H20N2O2S/c1-19(2)8-13(22)16-15(9-19)24-18(12(10-20)17(16)21)11-6-4-5-7-14(11)23-3/h4-7,18H,8-9,21H2,1-3H3/t18-/m1/s1. The second-order valence-corrected chi connectivity index (χ2v) is 8.12. The molecule has 0 fully saturated rings. The number of hydrogen-bond donors (Lipinski definition) is 1. The first kappa shape index (κ1) is 16.7. The SMILES string of the molecule is COc1ccccc1[C@H]1SC2=C(C(=O)CC(C)(C)C2)C(N)=C1C#N. The van der Waals surface area contributed by atoms with Crippen molar-refractivity contribution >= 4 is 17.5 Å². The van der Waals surface area contributed by atoms with Crippen LogP contribution in [-0.2, 0) is 4.79 Å². The van der Waals surface area contributed by atoms with Gasteiger partial charge >= 0.3 is 0 Å². The Morgan fingerprint density at radius 2 is 2.04 bits per heavy atom. The highest BCUT2D eigenvalue weighted by atomic mass is 32.2. The Morgan fingerprint density at radius 1 is 1.33 bits per heavy atom. The van der Waals surface area contributed by atoms with Crippen molar-refractivity contribution in [2.75, 3.05) is 7.11 Å². The van der Waals surface area contributed by atoms with Gasteiger partial charge in [0.25, 0.3) is 0 Å². The maximum absolute atomic E-state index is 12.6. The number of hydrogen-bond acceptors (Lipinski definition) is 5. The Kier molecular flexibility index (Phi) is 4.18. The van der Waals surface area contributed by atoms with E-state index in [1.807, 2.05) is 24.3 Å². The summed E-state index contributed by atoms with van der Waals surface area (Å²) in [7, 11) is 1.61. The Balaban J connectivity index is 2.14. The molecule has 0 radical (unpaired) electrons. The van der Waals surface area contributed by atoms with E-state index in [0.717, 1.165) is 22.6 Å². The number of carbonyl (C=O) groups is 1. The van der Waals surface area contributed by atoms with Crippen LogP contribution in [0.3, 0.4) is 0 Å². The van der Waals surface area contributed by atoms with Gasteiger partial charge in [0.2, 0.25) is 0 Å². The third kappa shape index (κ3) is 2.71. The minimum atomic E-state index is -0.244. The molecule has 0 bridgehead atoms. The predicted molar refractivity (Wildman–Crippen MR) is 95.2 cm³/mol. The van der Waals surface area contributed by atoms with Crippen molar-refractivity contribution in [1.82, 2.24) is 0 Å². The van der Waals surface area contributed by atoms with Crippen LogP contribution < -0.4 is 10.5 Å². The van der Waals surface area contributed by atoms with Gasteiger partial charge in [-0.3, -0.25) is 4.79 Å². The maximum Gasteiger partial charge on any atom is 0.166 e. The molecule has 1 atom stereocenters. The lowest BCUT2D eigenvalue weighted by Gasteiger charge is -2.36. The summed E-state index contributed by atoms with van der Waals surface area (Å²) in [6.07, 6.45) is 1.26. The molecule has 0 saturated heterocycles. The molecule has 1 aliphatic heterocycles. The zero-order valence-electron chi connectivity index (χ0n) is 14.1. The van der Waals surface area contributed by atoms with Gasteiger partial charge in [-0.2, -0.15) is 5.26 Å². The second kappa shape index (κ2) is 6.03. The quantitative estimate of drug-likeness (QED) is 0.884. The van der Waals surface area contributed by atoms with Crippen LogP contribution in [0.1, 0.15) is 37.5 Å². The van der Waals surface area contributed by atoms with Gasteiger partial charge in [0.1, 0.15) is 5.75 Å². The lowest BCUT2D eigenvalue weighted by Crippen LogP contribution is -2.30. The van der Waals surface area contributed by atoms with Crippen LogP contribution in [-0.4, -0.2) is 12.9 Å². The minimum Gasteiger partial charge on any atom is -0.496 e. The predicted octanol–water partition coefficient (Wildman–Crippen LogP) is 3.86. The molecule has 0 aromatic heterocycles. The molecule has 0 amide bonds. The second-order valence-electron chi connectivity index (χ2n) is 6.92. The summed E-state index contributed by atoms with van der Waals surface area (Å²) in [5, 5.41) is 9.42. The van der Waals surface area contributed by atoms with Gasteiger partial charge in [0.05, 0.1) is 35.3 Å². The summed E-state index contributed by atoms with van der Waals surface area (Å²) in [6, 6.07) is 9.86. The van der Waals surface area contributed by atoms with Gasteiger partial charge in [-0.25, -0.2) is 0 Å². The van der Waals surface area contributed by atoms with E-state index in [1.54, 1.807) is 18.9 Å². The summed E-state index contributed by atoms with van der Waals surface area (Å²) in [5.41, 5.74) is 8.43. The number of nitrogens with zero attached hydrogens (tertiary/aromatic N) is 1. The summed E-state index contributed by atoms with van der Waals surface area (Å²) in [5.74, 6) is 0.762. The van der Waals surface area contributed by atoms with Crippen molar-refractivity contribution in [2.24, 2.45) is 11.1 Å². The Hall–Kier alpha value is -2.19. The zero-order valence-corrected chi connectivity index (χ0v) is 14.9. The lowest BCUT2D eigenvalue weighted by atomic mass is 9.76. The van der Waals surface area contributed by atoms with E-state index in [1.165, 1.54) is 0 Å². The summed E-state index contributed by atoms with van der Waals surface area (Å²) in [4.78, 5) is 13.6. The highest BCUT2D eigenvalue weighted by Gasteiger charge is 2.40. The topological polar surface area (TPSA) is 76.1 Å². The molecule has 0 unspecified atom stereocenters. The Morgan fingerprint density at radius 3 is 2.71 bits per heavy atom. The van der Waals surface area contributed by atoms with Crippen molar-refractivity contribution in [3.63, 3.8) is 0 Å². The third-order valence-corrected chi connectivity index (χ3v) is 5.82. The van der Waals surface area contributed by atoms with Gasteiger partial charge in [0, 0.05) is 12.0 Å². The normalized spacial score (nSPS) is 22.9. The third-order valence-electron chi connectivity index (χ3n) is 4.46. The highest BCUT2D eigenvalue weighted by Crippen LogP contribution is 2.54. The van der Waals surface area contributed by atoms with Crippen LogP contribution in [0, 0.1) is 16.7 Å². The van der Waals surface area contributed by atoms with Gasteiger partial charge < -0.3 is 10.5 Å². The molecule has 0 saturated carbocycles. The number of benzene rings is 1. The summed E-state index contributed by atoms with van der Waals surface area (Å²) in [6.45, 7) is 4.18. The highest BCUT2D eigenvalue weighted by molar-refractivity contribution is 8.03. The Labute approximate surface area is 146 Å².